The Morgan fingerprint density at radius 3 is 2.88 bits per heavy atom. The molecule has 1 saturated heterocycles. The van der Waals surface area contributed by atoms with Gasteiger partial charge in [0.25, 0.3) is 5.91 Å². The minimum atomic E-state index is 0.0147. The van der Waals surface area contributed by atoms with Crippen LogP contribution in [0.2, 0.25) is 0 Å². The average Bonchev–Trinajstić information content (AvgIpc) is 2.89. The normalized spacial score (nSPS) is 18.0. The Bertz CT molecular complexity index is 678. The van der Waals surface area contributed by atoms with Crippen molar-refractivity contribution in [3.8, 4) is 5.88 Å². The summed E-state index contributed by atoms with van der Waals surface area (Å²) in [5, 5.41) is 0.448. The van der Waals surface area contributed by atoms with Gasteiger partial charge in [-0.3, -0.25) is 4.79 Å². The number of carbonyl (C=O) groups is 1. The Morgan fingerprint density at radius 1 is 1.25 bits per heavy atom. The number of hydrogen-bond donors (Lipinski definition) is 0. The van der Waals surface area contributed by atoms with Crippen molar-refractivity contribution in [3.05, 3.63) is 59.8 Å². The molecule has 0 aliphatic carbocycles. The van der Waals surface area contributed by atoms with E-state index in [2.05, 4.69) is 29.2 Å². The van der Waals surface area contributed by atoms with Gasteiger partial charge in [0.1, 0.15) is 5.56 Å². The Hall–Kier alpha value is -2.01. The molecule has 24 heavy (non-hydrogen) atoms. The van der Waals surface area contributed by atoms with Gasteiger partial charge < -0.3 is 9.64 Å². The highest BCUT2D eigenvalue weighted by Gasteiger charge is 2.25. The third-order valence-corrected chi connectivity index (χ3v) is 5.41. The smallest absolute Gasteiger partial charge is 0.259 e. The topological polar surface area (TPSA) is 42.4 Å². The molecule has 126 valence electrons. The highest BCUT2D eigenvalue weighted by Crippen LogP contribution is 2.34. The average molecular weight is 342 g/mol. The zero-order chi connectivity index (χ0) is 16.8. The Kier molecular flexibility index (Phi) is 5.75. The molecular formula is C19H22N2O2S. The van der Waals surface area contributed by atoms with Gasteiger partial charge in [0, 0.05) is 30.3 Å². The second kappa shape index (κ2) is 8.20. The van der Waals surface area contributed by atoms with E-state index in [0.29, 0.717) is 23.3 Å². The summed E-state index contributed by atoms with van der Waals surface area (Å²) >= 11 is 1.93. The number of benzene rings is 1. The number of aromatic nitrogens is 1. The van der Waals surface area contributed by atoms with Crippen molar-refractivity contribution in [2.24, 2.45) is 0 Å². The van der Waals surface area contributed by atoms with Crippen LogP contribution in [0.5, 0.6) is 5.88 Å². The number of hydrogen-bond acceptors (Lipinski definition) is 4. The number of amides is 1. The molecule has 1 unspecified atom stereocenters. The van der Waals surface area contributed by atoms with Gasteiger partial charge in [-0.05, 0) is 31.0 Å². The zero-order valence-electron chi connectivity index (χ0n) is 13.9. The van der Waals surface area contributed by atoms with E-state index >= 15 is 0 Å². The van der Waals surface area contributed by atoms with Crippen molar-refractivity contribution in [1.29, 1.82) is 0 Å². The fourth-order valence-electron chi connectivity index (χ4n) is 2.88. The van der Waals surface area contributed by atoms with Gasteiger partial charge in [-0.25, -0.2) is 4.98 Å². The van der Waals surface area contributed by atoms with E-state index in [1.807, 2.05) is 29.7 Å². The molecule has 4 nitrogen and oxygen atoms in total. The predicted molar refractivity (Wildman–Crippen MR) is 97.6 cm³/mol. The molecule has 1 fully saturated rings. The van der Waals surface area contributed by atoms with Gasteiger partial charge in [0.15, 0.2) is 0 Å². The molecule has 1 aromatic heterocycles. The summed E-state index contributed by atoms with van der Waals surface area (Å²) < 4.78 is 5.51. The molecule has 1 amide bonds. The lowest BCUT2D eigenvalue weighted by molar-refractivity contribution is 0.0761. The standard InChI is InChI=1S/C19H22N2O2S/c1-2-23-18-16(9-6-11-20-18)19(22)21-12-10-17(24-14-13-21)15-7-4-3-5-8-15/h3-9,11,17H,2,10,12-14H2,1H3. The van der Waals surface area contributed by atoms with Crippen LogP contribution in [0.15, 0.2) is 48.7 Å². The predicted octanol–water partition coefficient (Wildman–Crippen LogP) is 3.80. The van der Waals surface area contributed by atoms with Crippen LogP contribution in [-0.2, 0) is 0 Å². The van der Waals surface area contributed by atoms with E-state index in [1.165, 1.54) is 5.56 Å². The second-order valence-corrected chi connectivity index (χ2v) is 6.95. The van der Waals surface area contributed by atoms with Gasteiger partial charge in [0.2, 0.25) is 5.88 Å². The van der Waals surface area contributed by atoms with Crippen LogP contribution >= 0.6 is 11.8 Å². The summed E-state index contributed by atoms with van der Waals surface area (Å²) in [5.41, 5.74) is 1.90. The van der Waals surface area contributed by atoms with Gasteiger partial charge in [-0.2, -0.15) is 11.8 Å². The molecule has 1 aliphatic heterocycles. The van der Waals surface area contributed by atoms with E-state index in [0.717, 1.165) is 25.3 Å². The lowest BCUT2D eigenvalue weighted by atomic mass is 10.1. The number of rotatable bonds is 4. The first kappa shape index (κ1) is 16.8. The second-order valence-electron chi connectivity index (χ2n) is 5.64. The summed E-state index contributed by atoms with van der Waals surface area (Å²) in [5.74, 6) is 1.39. The van der Waals surface area contributed by atoms with Crippen molar-refractivity contribution in [3.63, 3.8) is 0 Å². The minimum absolute atomic E-state index is 0.0147. The first-order valence-electron chi connectivity index (χ1n) is 8.33. The Labute approximate surface area is 147 Å². The minimum Gasteiger partial charge on any atom is -0.477 e. The fourth-order valence-corrected chi connectivity index (χ4v) is 4.11. The molecule has 1 aromatic carbocycles. The molecular weight excluding hydrogens is 320 g/mol. The largest absolute Gasteiger partial charge is 0.477 e. The summed E-state index contributed by atoms with van der Waals surface area (Å²) in [7, 11) is 0. The van der Waals surface area contributed by atoms with Crippen molar-refractivity contribution in [1.82, 2.24) is 9.88 Å². The molecule has 0 radical (unpaired) electrons. The van der Waals surface area contributed by atoms with Crippen LogP contribution in [0.1, 0.15) is 34.5 Å². The number of pyridine rings is 1. The van der Waals surface area contributed by atoms with Gasteiger partial charge in [-0.1, -0.05) is 30.3 Å². The molecule has 3 rings (SSSR count). The first-order chi connectivity index (χ1) is 11.8. The molecule has 1 aliphatic rings. The Balaban J connectivity index is 1.71. The van der Waals surface area contributed by atoms with Crippen LogP contribution in [0.3, 0.4) is 0 Å². The van der Waals surface area contributed by atoms with Gasteiger partial charge in [0.05, 0.1) is 6.61 Å². The van der Waals surface area contributed by atoms with E-state index in [1.54, 1.807) is 18.3 Å². The van der Waals surface area contributed by atoms with E-state index < -0.39 is 0 Å². The highest BCUT2D eigenvalue weighted by molar-refractivity contribution is 7.99. The fraction of sp³-hybridized carbons (Fsp3) is 0.368. The molecule has 0 bridgehead atoms. The molecule has 0 spiro atoms. The van der Waals surface area contributed by atoms with Gasteiger partial charge in [-0.15, -0.1) is 0 Å². The van der Waals surface area contributed by atoms with Crippen molar-refractivity contribution in [2.75, 3.05) is 25.4 Å². The zero-order valence-corrected chi connectivity index (χ0v) is 14.7. The SMILES string of the molecule is CCOc1ncccc1C(=O)N1CCSC(c2ccccc2)CC1. The summed E-state index contributed by atoms with van der Waals surface area (Å²) in [6, 6.07) is 14.1. The van der Waals surface area contributed by atoms with Gasteiger partial charge >= 0.3 is 0 Å². The molecule has 2 aromatic rings. The third-order valence-electron chi connectivity index (χ3n) is 4.08. The molecule has 2 heterocycles. The van der Waals surface area contributed by atoms with E-state index in [9.17, 15) is 4.79 Å². The molecule has 0 saturated carbocycles. The molecule has 1 atom stereocenters. The van der Waals surface area contributed by atoms with Crippen molar-refractivity contribution < 1.29 is 9.53 Å². The monoisotopic (exact) mass is 342 g/mol. The van der Waals surface area contributed by atoms with Crippen LogP contribution in [0, 0.1) is 0 Å². The molecule has 5 heteroatoms. The van der Waals surface area contributed by atoms with E-state index in [-0.39, 0.29) is 5.91 Å². The summed E-state index contributed by atoms with van der Waals surface area (Å²) in [6.45, 7) is 3.92. The quantitative estimate of drug-likeness (QED) is 0.847. The molecule has 0 N–H and O–H groups in total. The van der Waals surface area contributed by atoms with Crippen molar-refractivity contribution >= 4 is 17.7 Å². The Morgan fingerprint density at radius 2 is 2.08 bits per heavy atom. The lowest BCUT2D eigenvalue weighted by Gasteiger charge is -2.21. The lowest BCUT2D eigenvalue weighted by Crippen LogP contribution is -2.33. The maximum absolute atomic E-state index is 12.9. The third kappa shape index (κ3) is 3.90. The van der Waals surface area contributed by atoms with E-state index in [4.69, 9.17) is 4.74 Å². The summed E-state index contributed by atoms with van der Waals surface area (Å²) in [6.07, 6.45) is 2.62. The number of ether oxygens (including phenoxy) is 1. The number of thioether (sulfide) groups is 1. The van der Waals surface area contributed by atoms with Crippen LogP contribution in [0.25, 0.3) is 0 Å². The van der Waals surface area contributed by atoms with Crippen LogP contribution in [-0.4, -0.2) is 41.2 Å². The number of carbonyl (C=O) groups excluding carboxylic acids is 1. The summed E-state index contributed by atoms with van der Waals surface area (Å²) in [4.78, 5) is 19.0. The maximum atomic E-state index is 12.9. The van der Waals surface area contributed by atoms with Crippen LogP contribution < -0.4 is 4.74 Å². The van der Waals surface area contributed by atoms with Crippen molar-refractivity contribution in [2.45, 2.75) is 18.6 Å². The van der Waals surface area contributed by atoms with Crippen LogP contribution in [0.4, 0.5) is 0 Å². The highest BCUT2D eigenvalue weighted by atomic mass is 32.2. The number of nitrogens with zero attached hydrogens (tertiary/aromatic N) is 2. The maximum Gasteiger partial charge on any atom is 0.259 e. The first-order valence-corrected chi connectivity index (χ1v) is 9.38.